The number of carbonyl (C=O) groups is 2. The quantitative estimate of drug-likeness (QED) is 0.562. The summed E-state index contributed by atoms with van der Waals surface area (Å²) in [7, 11) is 0. The molecule has 0 spiro atoms. The highest BCUT2D eigenvalue weighted by molar-refractivity contribution is 8.01. The van der Waals surface area contributed by atoms with Gasteiger partial charge in [0.05, 0.1) is 18.2 Å². The van der Waals surface area contributed by atoms with Crippen molar-refractivity contribution >= 4 is 29.3 Å². The second-order valence-corrected chi connectivity index (χ2v) is 9.79. The Labute approximate surface area is 203 Å². The molecule has 34 heavy (non-hydrogen) atoms. The zero-order valence-electron chi connectivity index (χ0n) is 19.1. The third-order valence-corrected chi connectivity index (χ3v) is 7.62. The molecule has 2 atom stereocenters. The number of nitrogens with one attached hydrogen (secondary N) is 1. The van der Waals surface area contributed by atoms with E-state index in [2.05, 4.69) is 5.32 Å². The van der Waals surface area contributed by atoms with Crippen LogP contribution in [0.1, 0.15) is 23.6 Å². The van der Waals surface area contributed by atoms with E-state index >= 15 is 0 Å². The van der Waals surface area contributed by atoms with Gasteiger partial charge in [0.1, 0.15) is 5.25 Å². The summed E-state index contributed by atoms with van der Waals surface area (Å²) in [5.74, 6) is 0.690. The molecule has 0 saturated carbocycles. The second-order valence-electron chi connectivity index (χ2n) is 8.61. The summed E-state index contributed by atoms with van der Waals surface area (Å²) in [4.78, 5) is 29.5. The maximum absolute atomic E-state index is 13.6. The molecule has 2 aliphatic rings. The summed E-state index contributed by atoms with van der Waals surface area (Å²) in [6, 6.07) is 21.7. The van der Waals surface area contributed by atoms with Crippen LogP contribution in [0.15, 0.2) is 71.6 Å². The summed E-state index contributed by atoms with van der Waals surface area (Å²) in [6.07, 6.45) is 0. The van der Waals surface area contributed by atoms with Crippen molar-refractivity contribution in [1.29, 1.82) is 0 Å². The largest absolute Gasteiger partial charge is 0.454 e. The van der Waals surface area contributed by atoms with E-state index in [1.54, 1.807) is 0 Å². The topological polar surface area (TPSA) is 67.9 Å². The standard InChI is InChI=1S/C27H26N2O4S/c1-17-7-9-19(10-8-17)15-29-21-5-3-4-6-24(21)34-25(27(29)31)18(2)26(30)28-14-20-11-12-22-23(13-20)33-16-32-22/h3-13,18,25H,14-16H2,1-2H3,(H,28,30)/t18-,25-/m0/s1. The number of nitrogens with zero attached hydrogens (tertiary/aromatic N) is 1. The molecular weight excluding hydrogens is 448 g/mol. The number of fused-ring (bicyclic) bond motifs is 2. The maximum Gasteiger partial charge on any atom is 0.241 e. The number of anilines is 1. The van der Waals surface area contributed by atoms with E-state index in [1.165, 1.54) is 17.3 Å². The Morgan fingerprint density at radius 1 is 1.06 bits per heavy atom. The first-order valence-corrected chi connectivity index (χ1v) is 12.2. The van der Waals surface area contributed by atoms with E-state index in [4.69, 9.17) is 9.47 Å². The predicted octanol–water partition coefficient (Wildman–Crippen LogP) is 4.68. The van der Waals surface area contributed by atoms with Crippen molar-refractivity contribution in [3.05, 3.63) is 83.4 Å². The van der Waals surface area contributed by atoms with Crippen molar-refractivity contribution in [2.75, 3.05) is 11.7 Å². The molecule has 0 unspecified atom stereocenters. The third kappa shape index (κ3) is 4.48. The van der Waals surface area contributed by atoms with E-state index in [-0.39, 0.29) is 18.6 Å². The number of thioether (sulfide) groups is 1. The van der Waals surface area contributed by atoms with Crippen LogP contribution in [0, 0.1) is 12.8 Å². The number of ether oxygens (including phenoxy) is 2. The van der Waals surface area contributed by atoms with E-state index < -0.39 is 11.2 Å². The molecule has 3 aromatic carbocycles. The first kappa shape index (κ1) is 22.3. The molecule has 3 aromatic rings. The Kier molecular flexibility index (Phi) is 6.20. The lowest BCUT2D eigenvalue weighted by atomic mass is 10.0. The molecule has 0 saturated heterocycles. The number of hydrogen-bond acceptors (Lipinski definition) is 5. The molecule has 1 N–H and O–H groups in total. The molecule has 174 valence electrons. The highest BCUT2D eigenvalue weighted by atomic mass is 32.2. The zero-order valence-corrected chi connectivity index (χ0v) is 19.9. The van der Waals surface area contributed by atoms with Gasteiger partial charge in [-0.25, -0.2) is 0 Å². The molecule has 7 heteroatoms. The van der Waals surface area contributed by atoms with Crippen molar-refractivity contribution in [2.45, 2.75) is 37.1 Å². The van der Waals surface area contributed by atoms with Crippen molar-refractivity contribution < 1.29 is 19.1 Å². The number of amides is 2. The van der Waals surface area contributed by atoms with Gasteiger partial charge in [-0.15, -0.1) is 11.8 Å². The van der Waals surface area contributed by atoms with Crippen molar-refractivity contribution in [3.63, 3.8) is 0 Å². The number of para-hydroxylation sites is 1. The van der Waals surface area contributed by atoms with Crippen LogP contribution < -0.4 is 19.7 Å². The molecule has 0 aromatic heterocycles. The number of carbonyl (C=O) groups excluding carboxylic acids is 2. The van der Waals surface area contributed by atoms with Gasteiger partial charge in [-0.05, 0) is 42.3 Å². The Morgan fingerprint density at radius 3 is 2.62 bits per heavy atom. The predicted molar refractivity (Wildman–Crippen MR) is 132 cm³/mol. The lowest BCUT2D eigenvalue weighted by molar-refractivity contribution is -0.128. The Bertz CT molecular complexity index is 1230. The van der Waals surface area contributed by atoms with Gasteiger partial charge in [0, 0.05) is 11.4 Å². The minimum Gasteiger partial charge on any atom is -0.454 e. The molecule has 2 aliphatic heterocycles. The van der Waals surface area contributed by atoms with E-state index in [1.807, 2.05) is 85.5 Å². The van der Waals surface area contributed by atoms with Crippen molar-refractivity contribution in [3.8, 4) is 11.5 Å². The molecular formula is C27H26N2O4S. The van der Waals surface area contributed by atoms with Crippen LogP contribution in [0.3, 0.4) is 0 Å². The second kappa shape index (κ2) is 9.43. The first-order valence-electron chi connectivity index (χ1n) is 11.3. The van der Waals surface area contributed by atoms with Crippen molar-refractivity contribution in [2.24, 2.45) is 5.92 Å². The van der Waals surface area contributed by atoms with Crippen LogP contribution in [-0.4, -0.2) is 23.9 Å². The molecule has 0 radical (unpaired) electrons. The van der Waals surface area contributed by atoms with E-state index in [0.29, 0.717) is 24.6 Å². The van der Waals surface area contributed by atoms with Crippen LogP contribution in [0.2, 0.25) is 0 Å². The Hall–Kier alpha value is -3.45. The average molecular weight is 475 g/mol. The van der Waals surface area contributed by atoms with Gasteiger partial charge in [0.2, 0.25) is 18.6 Å². The smallest absolute Gasteiger partial charge is 0.241 e. The summed E-state index contributed by atoms with van der Waals surface area (Å²) in [5, 5.41) is 2.48. The van der Waals surface area contributed by atoms with Gasteiger partial charge in [0.25, 0.3) is 0 Å². The third-order valence-electron chi connectivity index (χ3n) is 6.15. The van der Waals surface area contributed by atoms with Gasteiger partial charge in [-0.3, -0.25) is 9.59 Å². The molecule has 0 bridgehead atoms. The summed E-state index contributed by atoms with van der Waals surface area (Å²) in [5.41, 5.74) is 4.04. The summed E-state index contributed by atoms with van der Waals surface area (Å²) in [6.45, 7) is 4.90. The van der Waals surface area contributed by atoms with Crippen LogP contribution >= 0.6 is 11.8 Å². The first-order chi connectivity index (χ1) is 16.5. The normalized spacial score (nSPS) is 17.3. The fourth-order valence-electron chi connectivity index (χ4n) is 4.13. The highest BCUT2D eigenvalue weighted by Gasteiger charge is 2.39. The van der Waals surface area contributed by atoms with Gasteiger partial charge >= 0.3 is 0 Å². The molecule has 2 amide bonds. The highest BCUT2D eigenvalue weighted by Crippen LogP contribution is 2.42. The van der Waals surface area contributed by atoms with Gasteiger partial charge < -0.3 is 19.7 Å². The van der Waals surface area contributed by atoms with E-state index in [9.17, 15) is 9.59 Å². The molecule has 5 rings (SSSR count). The fourth-order valence-corrected chi connectivity index (χ4v) is 5.42. The monoisotopic (exact) mass is 474 g/mol. The number of benzene rings is 3. The molecule has 0 fully saturated rings. The lowest BCUT2D eigenvalue weighted by Gasteiger charge is -2.35. The minimum atomic E-state index is -0.503. The fraction of sp³-hybridized carbons (Fsp3) is 0.259. The molecule has 6 nitrogen and oxygen atoms in total. The minimum absolute atomic E-state index is 0.0463. The van der Waals surface area contributed by atoms with Gasteiger partial charge in [0.15, 0.2) is 11.5 Å². The molecule has 2 heterocycles. The zero-order chi connectivity index (χ0) is 23.7. The number of rotatable bonds is 6. The summed E-state index contributed by atoms with van der Waals surface area (Å²) >= 11 is 1.47. The van der Waals surface area contributed by atoms with E-state index in [0.717, 1.165) is 21.7 Å². The Balaban J connectivity index is 1.31. The lowest BCUT2D eigenvalue weighted by Crippen LogP contribution is -2.47. The summed E-state index contributed by atoms with van der Waals surface area (Å²) < 4.78 is 10.8. The van der Waals surface area contributed by atoms with Crippen molar-refractivity contribution in [1.82, 2.24) is 5.32 Å². The van der Waals surface area contributed by atoms with Gasteiger partial charge in [-0.2, -0.15) is 0 Å². The van der Waals surface area contributed by atoms with Crippen LogP contribution in [0.4, 0.5) is 5.69 Å². The average Bonchev–Trinajstić information content (AvgIpc) is 3.33. The van der Waals surface area contributed by atoms with Crippen LogP contribution in [0.25, 0.3) is 0 Å². The number of aryl methyl sites for hydroxylation is 1. The SMILES string of the molecule is Cc1ccc(CN2C(=O)[C@H]([C@H](C)C(=O)NCc3ccc4c(c3)OCO4)Sc3ccccc32)cc1. The molecule has 0 aliphatic carbocycles. The Morgan fingerprint density at radius 2 is 1.79 bits per heavy atom. The number of hydrogen-bond donors (Lipinski definition) is 1. The van der Waals surface area contributed by atoms with Gasteiger partial charge in [-0.1, -0.05) is 55.0 Å². The van der Waals surface area contributed by atoms with Crippen LogP contribution in [-0.2, 0) is 22.7 Å². The van der Waals surface area contributed by atoms with Crippen LogP contribution in [0.5, 0.6) is 11.5 Å². The maximum atomic E-state index is 13.6.